The summed E-state index contributed by atoms with van der Waals surface area (Å²) in [6.45, 7) is 2.43. The van der Waals surface area contributed by atoms with Crippen molar-refractivity contribution >= 4 is 17.5 Å². The van der Waals surface area contributed by atoms with Crippen LogP contribution in [0.15, 0.2) is 18.3 Å². The average Bonchev–Trinajstić information content (AvgIpc) is 3.12. The Morgan fingerprint density at radius 1 is 1.43 bits per heavy atom. The number of hydrogen-bond acceptors (Lipinski definition) is 4. The molecule has 0 spiro atoms. The van der Waals surface area contributed by atoms with Gasteiger partial charge in [-0.05, 0) is 25.0 Å². The van der Waals surface area contributed by atoms with Gasteiger partial charge in [-0.2, -0.15) is 0 Å². The predicted octanol–water partition coefficient (Wildman–Crippen LogP) is 0.981. The van der Waals surface area contributed by atoms with Gasteiger partial charge >= 0.3 is 5.97 Å². The molecule has 2 aromatic heterocycles. The number of nitrogens with zero attached hydrogens (tertiary/aromatic N) is 4. The maximum absolute atomic E-state index is 12.7. The zero-order valence-corrected chi connectivity index (χ0v) is 11.7. The molecule has 1 unspecified atom stereocenters. The third-order valence-electron chi connectivity index (χ3n) is 3.85. The highest BCUT2D eigenvalue weighted by atomic mass is 16.4. The molecule has 3 heterocycles. The Balaban J connectivity index is 2.02. The highest BCUT2D eigenvalue weighted by Crippen LogP contribution is 2.22. The monoisotopic (exact) mass is 288 g/mol. The number of fused-ring (bicyclic) bond motifs is 1. The number of carboxylic acid groups (broad SMARTS) is 1. The van der Waals surface area contributed by atoms with Crippen molar-refractivity contribution in [2.45, 2.75) is 32.2 Å². The second-order valence-electron chi connectivity index (χ2n) is 5.08. The molecule has 7 nitrogen and oxygen atoms in total. The summed E-state index contributed by atoms with van der Waals surface area (Å²) in [6.07, 6.45) is 3.72. The van der Waals surface area contributed by atoms with Gasteiger partial charge in [-0.15, -0.1) is 10.2 Å². The first-order valence-electron chi connectivity index (χ1n) is 7.00. The van der Waals surface area contributed by atoms with Crippen LogP contribution in [0.4, 0.5) is 0 Å². The fourth-order valence-electron chi connectivity index (χ4n) is 2.79. The van der Waals surface area contributed by atoms with Crippen LogP contribution in [-0.4, -0.2) is 49.1 Å². The highest BCUT2D eigenvalue weighted by molar-refractivity contribution is 6.01. The number of aliphatic carboxylic acids is 1. The third kappa shape index (κ3) is 2.14. The van der Waals surface area contributed by atoms with Crippen molar-refractivity contribution in [1.82, 2.24) is 19.5 Å². The maximum atomic E-state index is 12.7. The zero-order valence-electron chi connectivity index (χ0n) is 11.7. The molecule has 1 aliphatic rings. The SMILES string of the molecule is CCc1nnc2c(C(=O)N3CCCC3C(=O)O)cccn12. The fourth-order valence-corrected chi connectivity index (χ4v) is 2.79. The second-order valence-corrected chi connectivity index (χ2v) is 5.08. The van der Waals surface area contributed by atoms with E-state index in [-0.39, 0.29) is 5.91 Å². The van der Waals surface area contributed by atoms with Gasteiger partial charge in [-0.3, -0.25) is 9.20 Å². The van der Waals surface area contributed by atoms with Gasteiger partial charge in [-0.1, -0.05) is 6.92 Å². The van der Waals surface area contributed by atoms with Crippen LogP contribution in [0.5, 0.6) is 0 Å². The van der Waals surface area contributed by atoms with Gasteiger partial charge in [0.05, 0.1) is 5.56 Å². The molecule has 1 N–H and O–H groups in total. The average molecular weight is 288 g/mol. The lowest BCUT2D eigenvalue weighted by molar-refractivity contribution is -0.141. The Bertz CT molecular complexity index is 709. The number of aromatic nitrogens is 3. The van der Waals surface area contributed by atoms with Crippen molar-refractivity contribution in [3.63, 3.8) is 0 Å². The van der Waals surface area contributed by atoms with Crippen LogP contribution in [-0.2, 0) is 11.2 Å². The second kappa shape index (κ2) is 5.16. The molecule has 3 rings (SSSR count). The van der Waals surface area contributed by atoms with Crippen LogP contribution in [0.25, 0.3) is 5.65 Å². The van der Waals surface area contributed by atoms with E-state index < -0.39 is 12.0 Å². The number of carboxylic acids is 1. The molecule has 0 radical (unpaired) electrons. The van der Waals surface area contributed by atoms with Crippen molar-refractivity contribution in [2.75, 3.05) is 6.54 Å². The molecule has 7 heteroatoms. The first-order chi connectivity index (χ1) is 10.1. The summed E-state index contributed by atoms with van der Waals surface area (Å²) in [6, 6.07) is 2.68. The van der Waals surface area contributed by atoms with E-state index in [0.29, 0.717) is 37.0 Å². The number of carbonyl (C=O) groups is 2. The van der Waals surface area contributed by atoms with Crippen LogP contribution in [0.1, 0.15) is 35.9 Å². The highest BCUT2D eigenvalue weighted by Gasteiger charge is 2.35. The maximum Gasteiger partial charge on any atom is 0.326 e. The lowest BCUT2D eigenvalue weighted by Crippen LogP contribution is -2.40. The molecular weight excluding hydrogens is 272 g/mol. The number of amides is 1. The molecular formula is C14H16N4O3. The van der Waals surface area contributed by atoms with Crippen molar-refractivity contribution in [2.24, 2.45) is 0 Å². The lowest BCUT2D eigenvalue weighted by atomic mass is 10.2. The van der Waals surface area contributed by atoms with Crippen molar-refractivity contribution in [3.05, 3.63) is 29.7 Å². The van der Waals surface area contributed by atoms with Crippen LogP contribution >= 0.6 is 0 Å². The summed E-state index contributed by atoms with van der Waals surface area (Å²) in [5.41, 5.74) is 0.883. The third-order valence-corrected chi connectivity index (χ3v) is 3.85. The minimum atomic E-state index is -0.955. The molecule has 0 bridgehead atoms. The van der Waals surface area contributed by atoms with Gasteiger partial charge in [0.25, 0.3) is 5.91 Å². The molecule has 0 saturated carbocycles. The van der Waals surface area contributed by atoms with Crippen LogP contribution < -0.4 is 0 Å². The molecule has 21 heavy (non-hydrogen) atoms. The van der Waals surface area contributed by atoms with E-state index in [2.05, 4.69) is 10.2 Å². The summed E-state index contributed by atoms with van der Waals surface area (Å²) >= 11 is 0. The largest absolute Gasteiger partial charge is 0.480 e. The van der Waals surface area contributed by atoms with Gasteiger partial charge in [0.1, 0.15) is 11.9 Å². The number of rotatable bonds is 3. The molecule has 1 amide bonds. The van der Waals surface area contributed by atoms with Crippen LogP contribution in [0, 0.1) is 0 Å². The summed E-state index contributed by atoms with van der Waals surface area (Å²) in [4.78, 5) is 25.3. The van der Waals surface area contributed by atoms with Crippen LogP contribution in [0.3, 0.4) is 0 Å². The molecule has 0 aliphatic carbocycles. The molecule has 1 saturated heterocycles. The van der Waals surface area contributed by atoms with Gasteiger partial charge in [0, 0.05) is 19.2 Å². The van der Waals surface area contributed by atoms with E-state index >= 15 is 0 Å². The number of hydrogen-bond donors (Lipinski definition) is 1. The zero-order chi connectivity index (χ0) is 15.0. The summed E-state index contributed by atoms with van der Waals surface area (Å²) in [7, 11) is 0. The summed E-state index contributed by atoms with van der Waals surface area (Å²) in [5.74, 6) is -0.472. The van der Waals surface area contributed by atoms with Gasteiger partial charge in [-0.25, -0.2) is 4.79 Å². The Kier molecular flexibility index (Phi) is 3.32. The van der Waals surface area contributed by atoms with E-state index in [1.165, 1.54) is 4.90 Å². The van der Waals surface area contributed by atoms with Gasteiger partial charge < -0.3 is 10.0 Å². The van der Waals surface area contributed by atoms with E-state index in [1.807, 2.05) is 13.1 Å². The minimum Gasteiger partial charge on any atom is -0.480 e. The van der Waals surface area contributed by atoms with E-state index in [0.717, 1.165) is 5.82 Å². The Labute approximate surface area is 121 Å². The normalized spacial score (nSPS) is 18.3. The Morgan fingerprint density at radius 2 is 2.24 bits per heavy atom. The van der Waals surface area contributed by atoms with Crippen LogP contribution in [0.2, 0.25) is 0 Å². The lowest BCUT2D eigenvalue weighted by Gasteiger charge is -2.21. The van der Waals surface area contributed by atoms with Crippen molar-refractivity contribution in [1.29, 1.82) is 0 Å². The quantitative estimate of drug-likeness (QED) is 0.909. The summed E-state index contributed by atoms with van der Waals surface area (Å²) in [5, 5.41) is 17.3. The smallest absolute Gasteiger partial charge is 0.326 e. The molecule has 110 valence electrons. The summed E-state index contributed by atoms with van der Waals surface area (Å²) < 4.78 is 1.78. The molecule has 1 atom stereocenters. The number of carbonyl (C=O) groups excluding carboxylic acids is 1. The predicted molar refractivity (Wildman–Crippen MR) is 74.1 cm³/mol. The number of likely N-dealkylation sites (tertiary alicyclic amines) is 1. The minimum absolute atomic E-state index is 0.291. The first kappa shape index (κ1) is 13.5. The van der Waals surface area contributed by atoms with Gasteiger partial charge in [0.2, 0.25) is 0 Å². The van der Waals surface area contributed by atoms with E-state index in [4.69, 9.17) is 0 Å². The van der Waals surface area contributed by atoms with Crippen molar-refractivity contribution in [3.8, 4) is 0 Å². The molecule has 1 fully saturated rings. The van der Waals surface area contributed by atoms with Gasteiger partial charge in [0.15, 0.2) is 5.65 Å². The number of aryl methyl sites for hydroxylation is 1. The Morgan fingerprint density at radius 3 is 2.95 bits per heavy atom. The topological polar surface area (TPSA) is 87.8 Å². The van der Waals surface area contributed by atoms with Crippen molar-refractivity contribution < 1.29 is 14.7 Å². The first-order valence-corrected chi connectivity index (χ1v) is 7.00. The van der Waals surface area contributed by atoms with E-state index in [1.54, 1.807) is 16.5 Å². The van der Waals surface area contributed by atoms with E-state index in [9.17, 15) is 14.7 Å². The number of pyridine rings is 1. The Hall–Kier alpha value is -2.44. The molecule has 1 aliphatic heterocycles. The standard InChI is InChI=1S/C14H16N4O3/c1-2-11-15-16-12-9(5-3-8-18(11)12)13(19)17-7-4-6-10(17)14(20)21/h3,5,8,10H,2,4,6-7H2,1H3,(H,20,21). The molecule has 0 aromatic carbocycles. The fraction of sp³-hybridized carbons (Fsp3) is 0.429. The molecule has 2 aromatic rings.